The molecule has 0 amide bonds. The Morgan fingerprint density at radius 2 is 1.94 bits per heavy atom. The number of rotatable bonds is 7. The van der Waals surface area contributed by atoms with Crippen molar-refractivity contribution in [2.45, 2.75) is 48.8 Å². The summed E-state index contributed by atoms with van der Waals surface area (Å²) in [5.41, 5.74) is 4.65. The molecule has 1 aliphatic carbocycles. The summed E-state index contributed by atoms with van der Waals surface area (Å²) in [5.74, 6) is 0.847. The highest BCUT2D eigenvalue weighted by Crippen LogP contribution is 2.48. The van der Waals surface area contributed by atoms with Gasteiger partial charge in [-0.2, -0.15) is 4.98 Å². The maximum absolute atomic E-state index is 10.6. The fraction of sp³-hybridized carbons (Fsp3) is 0.400. The van der Waals surface area contributed by atoms with Crippen LogP contribution in [0.4, 0.5) is 23.1 Å². The van der Waals surface area contributed by atoms with E-state index in [1.807, 2.05) is 44.3 Å². The van der Waals surface area contributed by atoms with Crippen molar-refractivity contribution in [1.82, 2.24) is 15.0 Å². The summed E-state index contributed by atoms with van der Waals surface area (Å²) in [4.78, 5) is 15.0. The minimum absolute atomic E-state index is 0.0738. The average Bonchev–Trinajstić information content (AvgIpc) is 3.38. The van der Waals surface area contributed by atoms with Gasteiger partial charge in [-0.1, -0.05) is 23.9 Å². The minimum atomic E-state index is -0.753. The highest BCUT2D eigenvalue weighted by Gasteiger charge is 2.43. The molecule has 0 radical (unpaired) electrons. The molecular weight excluding hydrogens is 464 g/mol. The minimum Gasteiger partial charge on any atom is -0.396 e. The van der Waals surface area contributed by atoms with Crippen molar-refractivity contribution in [3.63, 3.8) is 0 Å². The second kappa shape index (κ2) is 9.98. The molecule has 1 aliphatic heterocycles. The van der Waals surface area contributed by atoms with E-state index >= 15 is 0 Å². The lowest BCUT2D eigenvalue weighted by molar-refractivity contribution is -0.0201. The van der Waals surface area contributed by atoms with Gasteiger partial charge in [-0.05, 0) is 44.5 Å². The van der Waals surface area contributed by atoms with Gasteiger partial charge in [0.1, 0.15) is 17.3 Å². The van der Waals surface area contributed by atoms with Crippen molar-refractivity contribution in [2.75, 3.05) is 29.7 Å². The number of para-hydroxylation sites is 1. The van der Waals surface area contributed by atoms with Crippen LogP contribution in [0.1, 0.15) is 28.7 Å². The van der Waals surface area contributed by atoms with Crippen LogP contribution < -0.4 is 16.0 Å². The number of ether oxygens (including phenoxy) is 1. The molecule has 2 aromatic heterocycles. The largest absolute Gasteiger partial charge is 0.396 e. The molecule has 3 heterocycles. The van der Waals surface area contributed by atoms with Crippen LogP contribution in [0.3, 0.4) is 0 Å². The smallest absolute Gasteiger partial charge is 0.229 e. The molecule has 2 aliphatic rings. The first kappa shape index (κ1) is 23.8. The highest BCUT2D eigenvalue weighted by molar-refractivity contribution is 8.00. The Hall–Kier alpha value is -2.92. The lowest BCUT2D eigenvalue weighted by Gasteiger charge is -2.24. The molecule has 0 spiro atoms. The molecule has 1 saturated carbocycles. The molecule has 184 valence electrons. The number of hydrogen-bond donors (Lipinski definition) is 5. The van der Waals surface area contributed by atoms with Gasteiger partial charge in [0, 0.05) is 59.1 Å². The number of aliphatic hydroxyl groups excluding tert-OH is 2. The molecule has 35 heavy (non-hydrogen) atoms. The van der Waals surface area contributed by atoms with E-state index in [0.717, 1.165) is 28.3 Å². The van der Waals surface area contributed by atoms with E-state index in [4.69, 9.17) is 9.72 Å². The fourth-order valence-corrected chi connectivity index (χ4v) is 5.98. The SMILES string of the molecule is CO[C@@H]1[C@H](O)[C@@H](CO)C[C@H]1Nc1nc(Nc2cc(C)nc(C)c2)ncc1C1Nc2ccccc2S1. The Balaban J connectivity index is 1.47. The summed E-state index contributed by atoms with van der Waals surface area (Å²) < 4.78 is 5.60. The van der Waals surface area contributed by atoms with Crippen LogP contribution in [0.25, 0.3) is 0 Å². The molecule has 0 saturated heterocycles. The Bertz CT molecular complexity index is 1170. The Kier molecular flexibility index (Phi) is 6.79. The second-order valence-corrected chi connectivity index (χ2v) is 10.2. The number of nitrogens with one attached hydrogen (secondary N) is 3. The topological polar surface area (TPSA) is 124 Å². The van der Waals surface area contributed by atoms with Gasteiger partial charge >= 0.3 is 0 Å². The highest BCUT2D eigenvalue weighted by atomic mass is 32.2. The van der Waals surface area contributed by atoms with Gasteiger partial charge in [-0.15, -0.1) is 0 Å². The molecule has 3 aromatic rings. The predicted octanol–water partition coefficient (Wildman–Crippen LogP) is 3.62. The van der Waals surface area contributed by atoms with E-state index in [1.54, 1.807) is 18.9 Å². The molecule has 5 N–H and O–H groups in total. The molecule has 1 unspecified atom stereocenters. The summed E-state index contributed by atoms with van der Waals surface area (Å²) in [7, 11) is 1.58. The van der Waals surface area contributed by atoms with Crippen LogP contribution in [0.15, 0.2) is 47.5 Å². The van der Waals surface area contributed by atoms with E-state index in [9.17, 15) is 10.2 Å². The number of anilines is 4. The van der Waals surface area contributed by atoms with Crippen LogP contribution in [0.2, 0.25) is 0 Å². The van der Waals surface area contributed by atoms with Gasteiger partial charge in [-0.3, -0.25) is 4.98 Å². The Morgan fingerprint density at radius 3 is 2.66 bits per heavy atom. The normalized spacial score (nSPS) is 25.2. The number of thioether (sulfide) groups is 1. The van der Waals surface area contributed by atoms with E-state index in [1.165, 1.54) is 4.90 Å². The third kappa shape index (κ3) is 4.92. The molecule has 0 bridgehead atoms. The molecule has 10 heteroatoms. The Morgan fingerprint density at radius 1 is 1.17 bits per heavy atom. The number of methoxy groups -OCH3 is 1. The monoisotopic (exact) mass is 494 g/mol. The first-order valence-electron chi connectivity index (χ1n) is 11.6. The van der Waals surface area contributed by atoms with E-state index in [0.29, 0.717) is 18.2 Å². The molecular formula is C25H30N6O3S. The zero-order valence-electron chi connectivity index (χ0n) is 19.9. The van der Waals surface area contributed by atoms with Crippen LogP contribution in [0, 0.1) is 19.8 Å². The van der Waals surface area contributed by atoms with E-state index in [-0.39, 0.29) is 23.9 Å². The van der Waals surface area contributed by atoms with Crippen LogP contribution in [-0.2, 0) is 4.74 Å². The van der Waals surface area contributed by atoms with Gasteiger partial charge in [0.05, 0.1) is 12.1 Å². The summed E-state index contributed by atoms with van der Waals surface area (Å²) in [5, 5.41) is 30.6. The number of fused-ring (bicyclic) bond motifs is 1. The first-order chi connectivity index (χ1) is 16.9. The van der Waals surface area contributed by atoms with Crippen LogP contribution >= 0.6 is 11.8 Å². The number of aromatic nitrogens is 3. The van der Waals surface area contributed by atoms with E-state index in [2.05, 4.69) is 38.1 Å². The predicted molar refractivity (Wildman–Crippen MR) is 137 cm³/mol. The molecule has 1 aromatic carbocycles. The number of pyridine rings is 1. The third-order valence-corrected chi connectivity index (χ3v) is 7.67. The number of benzene rings is 1. The molecule has 5 atom stereocenters. The maximum Gasteiger partial charge on any atom is 0.229 e. The lowest BCUT2D eigenvalue weighted by atomic mass is 10.1. The van der Waals surface area contributed by atoms with Gasteiger partial charge in [0.15, 0.2) is 0 Å². The van der Waals surface area contributed by atoms with Crippen molar-refractivity contribution in [2.24, 2.45) is 5.92 Å². The van der Waals surface area contributed by atoms with Crippen LogP contribution in [-0.4, -0.2) is 57.1 Å². The van der Waals surface area contributed by atoms with Gasteiger partial charge in [-0.25, -0.2) is 4.98 Å². The fourth-order valence-electron chi connectivity index (χ4n) is 4.83. The first-order valence-corrected chi connectivity index (χ1v) is 12.5. The van der Waals surface area contributed by atoms with Crippen molar-refractivity contribution in [3.8, 4) is 0 Å². The van der Waals surface area contributed by atoms with Gasteiger partial charge < -0.3 is 30.9 Å². The maximum atomic E-state index is 10.6. The standard InChI is InChI=1S/C25H30N6O3S/c1-13-8-16(9-14(2)27-13)28-25-26-11-17(24-30-18-6-4-5-7-20(18)35-24)23(31-25)29-19-10-15(12-32)21(33)22(19)34-3/h4-9,11,15,19,21-22,24,30,32-33H,10,12H2,1-3H3,(H2,26,27,28,29,31)/t15-,19-,21-,22+,24?/m1/s1. The van der Waals surface area contributed by atoms with Crippen molar-refractivity contribution < 1.29 is 14.9 Å². The zero-order valence-corrected chi connectivity index (χ0v) is 20.7. The van der Waals surface area contributed by atoms with Gasteiger partial charge in [0.25, 0.3) is 0 Å². The average molecular weight is 495 g/mol. The molecule has 5 rings (SSSR count). The molecule has 1 fully saturated rings. The van der Waals surface area contributed by atoms with E-state index < -0.39 is 12.2 Å². The number of aryl methyl sites for hydroxylation is 2. The third-order valence-electron chi connectivity index (χ3n) is 6.46. The van der Waals surface area contributed by atoms with Crippen LogP contribution in [0.5, 0.6) is 0 Å². The van der Waals surface area contributed by atoms with Gasteiger partial charge in [0.2, 0.25) is 5.95 Å². The van der Waals surface area contributed by atoms with Crippen molar-refractivity contribution in [3.05, 3.63) is 59.5 Å². The zero-order chi connectivity index (χ0) is 24.5. The van der Waals surface area contributed by atoms with Crippen molar-refractivity contribution >= 4 is 34.9 Å². The second-order valence-electron chi connectivity index (χ2n) is 9.02. The number of nitrogens with zero attached hydrogens (tertiary/aromatic N) is 3. The summed E-state index contributed by atoms with van der Waals surface area (Å²) >= 11 is 1.71. The molecule has 9 nitrogen and oxygen atoms in total. The number of hydrogen-bond acceptors (Lipinski definition) is 10. The van der Waals surface area contributed by atoms with Crippen molar-refractivity contribution in [1.29, 1.82) is 0 Å². The quantitative estimate of drug-likeness (QED) is 0.333. The number of aliphatic hydroxyl groups is 2. The summed E-state index contributed by atoms with van der Waals surface area (Å²) in [6.07, 6.45) is 1.18. The lowest BCUT2D eigenvalue weighted by Crippen LogP contribution is -2.37. The summed E-state index contributed by atoms with van der Waals surface area (Å²) in [6.45, 7) is 3.80. The Labute approximate surface area is 208 Å². The summed E-state index contributed by atoms with van der Waals surface area (Å²) in [6, 6.07) is 11.9.